The van der Waals surface area contributed by atoms with Gasteiger partial charge in [0.1, 0.15) is 12.1 Å². The number of carbonyl (C=O) groups excluding carboxylic acids is 3. The fourth-order valence-corrected chi connectivity index (χ4v) is 3.08. The highest BCUT2D eigenvalue weighted by atomic mass is 16.4. The molecule has 2 amide bonds. The first-order chi connectivity index (χ1) is 14.4. The summed E-state index contributed by atoms with van der Waals surface area (Å²) < 4.78 is 0. The van der Waals surface area contributed by atoms with Crippen molar-refractivity contribution < 1.29 is 29.4 Å². The summed E-state index contributed by atoms with van der Waals surface area (Å²) >= 11 is 0. The number of Topliss-reactive ketones (excluding diaryl/α,β-unsaturated/α-hetero) is 1. The second-order valence-corrected chi connectivity index (χ2v) is 8.19. The van der Waals surface area contributed by atoms with E-state index < -0.39 is 53.7 Å². The minimum atomic E-state index is -1.22. The summed E-state index contributed by atoms with van der Waals surface area (Å²) in [6, 6.07) is -3.30. The number of H-pyrrole nitrogens is 1. The maximum atomic E-state index is 12.9. The van der Waals surface area contributed by atoms with Crippen LogP contribution in [0.2, 0.25) is 0 Å². The molecule has 0 radical (unpaired) electrons. The van der Waals surface area contributed by atoms with Gasteiger partial charge in [-0.05, 0) is 26.2 Å². The Labute approximate surface area is 181 Å². The van der Waals surface area contributed by atoms with Crippen LogP contribution in [0, 0.1) is 11.8 Å². The van der Waals surface area contributed by atoms with Gasteiger partial charge in [-0.2, -0.15) is 0 Å². The summed E-state index contributed by atoms with van der Waals surface area (Å²) in [5.41, 5.74) is 6.05. The van der Waals surface area contributed by atoms with Crippen LogP contribution in [0.15, 0.2) is 12.5 Å². The Morgan fingerprint density at radius 1 is 1.13 bits per heavy atom. The van der Waals surface area contributed by atoms with E-state index in [2.05, 4.69) is 20.6 Å². The summed E-state index contributed by atoms with van der Waals surface area (Å²) in [4.78, 5) is 55.7. The van der Waals surface area contributed by atoms with Gasteiger partial charge in [0.2, 0.25) is 11.8 Å². The van der Waals surface area contributed by atoms with Gasteiger partial charge in [0.15, 0.2) is 5.78 Å². The number of aromatic amines is 1. The Bertz CT molecular complexity index is 747. The molecule has 11 nitrogen and oxygen atoms in total. The van der Waals surface area contributed by atoms with E-state index in [0.717, 1.165) is 0 Å². The minimum absolute atomic E-state index is 0.00413. The number of nitrogens with zero attached hydrogens (tertiary/aromatic N) is 1. The molecule has 0 bridgehead atoms. The number of rotatable bonds is 13. The largest absolute Gasteiger partial charge is 0.480 e. The fraction of sp³-hybridized carbons (Fsp3) is 0.650. The predicted molar refractivity (Wildman–Crippen MR) is 112 cm³/mol. The Morgan fingerprint density at radius 3 is 2.23 bits per heavy atom. The van der Waals surface area contributed by atoms with Crippen molar-refractivity contribution in [1.82, 2.24) is 20.6 Å². The number of aromatic nitrogens is 2. The zero-order valence-corrected chi connectivity index (χ0v) is 18.3. The summed E-state index contributed by atoms with van der Waals surface area (Å²) in [7, 11) is 0. The number of carbonyl (C=O) groups is 4. The van der Waals surface area contributed by atoms with Crippen LogP contribution in [-0.4, -0.2) is 68.0 Å². The van der Waals surface area contributed by atoms with E-state index in [4.69, 9.17) is 5.73 Å². The van der Waals surface area contributed by atoms with Crippen LogP contribution in [0.3, 0.4) is 0 Å². The lowest BCUT2D eigenvalue weighted by Gasteiger charge is -2.25. The number of carboxylic acid groups (broad SMARTS) is 1. The lowest BCUT2D eigenvalue weighted by atomic mass is 9.88. The van der Waals surface area contributed by atoms with E-state index in [1.165, 1.54) is 26.4 Å². The van der Waals surface area contributed by atoms with Crippen molar-refractivity contribution in [2.24, 2.45) is 17.6 Å². The van der Waals surface area contributed by atoms with Gasteiger partial charge < -0.3 is 31.6 Å². The molecule has 11 heteroatoms. The SMILES string of the molecule is CC(C)C[C@H](CC(=O)[C@@H](NC(=O)[C@H](C)N)[C@@H](C)O)C(=O)N[C@@H](Cc1cnc[nH]1)C(=O)O. The summed E-state index contributed by atoms with van der Waals surface area (Å²) in [6.45, 7) is 6.54. The Balaban J connectivity index is 2.94. The molecule has 0 spiro atoms. The number of nitrogens with one attached hydrogen (secondary N) is 3. The van der Waals surface area contributed by atoms with Crippen LogP contribution in [0.5, 0.6) is 0 Å². The fourth-order valence-electron chi connectivity index (χ4n) is 3.08. The number of hydrogen-bond acceptors (Lipinski definition) is 7. The summed E-state index contributed by atoms with van der Waals surface area (Å²) in [5.74, 6) is -3.73. The number of nitrogens with two attached hydrogens (primary N) is 1. The molecule has 0 aliphatic carbocycles. The number of aliphatic carboxylic acids is 1. The smallest absolute Gasteiger partial charge is 0.326 e. The maximum Gasteiger partial charge on any atom is 0.326 e. The third-order valence-corrected chi connectivity index (χ3v) is 4.71. The number of aliphatic hydroxyl groups excluding tert-OH is 1. The van der Waals surface area contributed by atoms with Crippen LogP contribution in [0.4, 0.5) is 0 Å². The molecule has 5 atom stereocenters. The van der Waals surface area contributed by atoms with Gasteiger partial charge in [-0.3, -0.25) is 14.4 Å². The van der Waals surface area contributed by atoms with E-state index >= 15 is 0 Å². The van der Waals surface area contributed by atoms with Gasteiger partial charge in [0.05, 0.1) is 18.5 Å². The molecule has 31 heavy (non-hydrogen) atoms. The Hall–Kier alpha value is -2.79. The normalized spacial score (nSPS) is 16.1. The predicted octanol–water partition coefficient (Wildman–Crippen LogP) is -0.644. The first kappa shape index (κ1) is 26.2. The number of hydrogen-bond donors (Lipinski definition) is 6. The quantitative estimate of drug-likeness (QED) is 0.234. The second-order valence-electron chi connectivity index (χ2n) is 8.19. The van der Waals surface area contributed by atoms with Crippen molar-refractivity contribution in [3.8, 4) is 0 Å². The average molecular weight is 440 g/mol. The van der Waals surface area contributed by atoms with Crippen molar-refractivity contribution in [1.29, 1.82) is 0 Å². The van der Waals surface area contributed by atoms with Crippen LogP contribution in [0.1, 0.15) is 46.2 Å². The van der Waals surface area contributed by atoms with E-state index in [9.17, 15) is 29.4 Å². The highest BCUT2D eigenvalue weighted by Crippen LogP contribution is 2.18. The zero-order chi connectivity index (χ0) is 23.7. The Kier molecular flexibility index (Phi) is 10.3. The van der Waals surface area contributed by atoms with Gasteiger partial charge in [0, 0.05) is 30.7 Å². The second kappa shape index (κ2) is 12.2. The van der Waals surface area contributed by atoms with Crippen molar-refractivity contribution in [3.63, 3.8) is 0 Å². The summed E-state index contributed by atoms with van der Waals surface area (Å²) in [6.07, 6.45) is 1.74. The molecule has 0 fully saturated rings. The number of carboxylic acids is 1. The van der Waals surface area contributed by atoms with Gasteiger partial charge in [0.25, 0.3) is 0 Å². The molecular formula is C20H33N5O6. The molecule has 0 aromatic carbocycles. The molecule has 174 valence electrons. The molecule has 1 aromatic heterocycles. The molecule has 0 saturated heterocycles. The number of amides is 2. The van der Waals surface area contributed by atoms with Crippen molar-refractivity contribution in [2.45, 2.75) is 71.2 Å². The molecule has 0 saturated carbocycles. The van der Waals surface area contributed by atoms with Gasteiger partial charge in [-0.1, -0.05) is 13.8 Å². The average Bonchev–Trinajstić information content (AvgIpc) is 3.16. The van der Waals surface area contributed by atoms with Gasteiger partial charge in [-0.15, -0.1) is 0 Å². The monoisotopic (exact) mass is 439 g/mol. The molecule has 7 N–H and O–H groups in total. The van der Waals surface area contributed by atoms with Crippen molar-refractivity contribution in [3.05, 3.63) is 18.2 Å². The molecular weight excluding hydrogens is 406 g/mol. The third-order valence-electron chi connectivity index (χ3n) is 4.71. The molecule has 1 aromatic rings. The number of ketones is 1. The topological polar surface area (TPSA) is 188 Å². The van der Waals surface area contributed by atoms with Crippen LogP contribution < -0.4 is 16.4 Å². The number of imidazole rings is 1. The van der Waals surface area contributed by atoms with E-state index in [-0.39, 0.29) is 18.8 Å². The lowest BCUT2D eigenvalue weighted by molar-refractivity contribution is -0.143. The molecule has 0 aliphatic heterocycles. The first-order valence-electron chi connectivity index (χ1n) is 10.2. The van der Waals surface area contributed by atoms with E-state index in [1.54, 1.807) is 0 Å². The van der Waals surface area contributed by atoms with E-state index in [1.807, 2.05) is 13.8 Å². The summed E-state index contributed by atoms with van der Waals surface area (Å²) in [5, 5.41) is 24.3. The molecule has 0 unspecified atom stereocenters. The van der Waals surface area contributed by atoms with Gasteiger partial charge >= 0.3 is 5.97 Å². The van der Waals surface area contributed by atoms with Crippen molar-refractivity contribution >= 4 is 23.6 Å². The van der Waals surface area contributed by atoms with Crippen LogP contribution >= 0.6 is 0 Å². The Morgan fingerprint density at radius 2 is 1.77 bits per heavy atom. The minimum Gasteiger partial charge on any atom is -0.480 e. The first-order valence-corrected chi connectivity index (χ1v) is 10.2. The lowest BCUT2D eigenvalue weighted by Crippen LogP contribution is -2.53. The molecule has 1 heterocycles. The zero-order valence-electron chi connectivity index (χ0n) is 18.3. The van der Waals surface area contributed by atoms with E-state index in [0.29, 0.717) is 12.1 Å². The maximum absolute atomic E-state index is 12.9. The standard InChI is InChI=1S/C20H33N5O6/c1-10(2)5-13(6-16(27)17(12(4)26)25-18(28)11(3)21)19(29)24-15(20(30)31)7-14-8-22-9-23-14/h8-13,15,17,26H,5-7,21H2,1-4H3,(H,22,23)(H,24,29)(H,25,28)(H,30,31)/t11-,12+,13+,15-,17-/m0/s1. The molecule has 0 aliphatic rings. The van der Waals surface area contributed by atoms with Crippen LogP contribution in [-0.2, 0) is 25.6 Å². The van der Waals surface area contributed by atoms with Crippen LogP contribution in [0.25, 0.3) is 0 Å². The van der Waals surface area contributed by atoms with Gasteiger partial charge in [-0.25, -0.2) is 9.78 Å². The third kappa shape index (κ3) is 8.85. The highest BCUT2D eigenvalue weighted by molar-refractivity contribution is 5.94. The van der Waals surface area contributed by atoms with Crippen molar-refractivity contribution in [2.75, 3.05) is 0 Å². The number of aliphatic hydroxyl groups is 1. The highest BCUT2D eigenvalue weighted by Gasteiger charge is 2.32. The molecule has 1 rings (SSSR count).